The second kappa shape index (κ2) is 8.62. The minimum Gasteiger partial charge on any atom is -0.338 e. The first kappa shape index (κ1) is 18.9. The van der Waals surface area contributed by atoms with Crippen LogP contribution >= 0.6 is 0 Å². The average Bonchev–Trinajstić information content (AvgIpc) is 2.88. The number of nitrogens with zero attached hydrogens (tertiary/aromatic N) is 2. The second-order valence-electron chi connectivity index (χ2n) is 6.66. The van der Waals surface area contributed by atoms with Crippen LogP contribution in [0.4, 0.5) is 0 Å². The smallest absolute Gasteiger partial charge is 0.237 e. The van der Waals surface area contributed by atoms with Crippen molar-refractivity contribution in [3.05, 3.63) is 35.9 Å². The third kappa shape index (κ3) is 5.60. The Morgan fingerprint density at radius 1 is 1.25 bits per heavy atom. The lowest BCUT2D eigenvalue weighted by Crippen LogP contribution is -2.46. The molecule has 1 amide bonds. The molecule has 1 aliphatic heterocycles. The van der Waals surface area contributed by atoms with Crippen LogP contribution in [0.15, 0.2) is 30.3 Å². The van der Waals surface area contributed by atoms with Crippen LogP contribution < -0.4 is 0 Å². The van der Waals surface area contributed by atoms with Gasteiger partial charge in [-0.1, -0.05) is 43.7 Å². The van der Waals surface area contributed by atoms with E-state index in [0.717, 1.165) is 18.4 Å². The number of hydrogen-bond donors (Lipinski definition) is 0. The minimum absolute atomic E-state index is 0.0315. The van der Waals surface area contributed by atoms with Gasteiger partial charge in [-0.15, -0.1) is 0 Å². The van der Waals surface area contributed by atoms with Gasteiger partial charge in [-0.25, -0.2) is 8.42 Å². The van der Waals surface area contributed by atoms with Crippen LogP contribution in [-0.4, -0.2) is 61.8 Å². The summed E-state index contributed by atoms with van der Waals surface area (Å²) in [5.74, 6) is 0.349. The standard InChI is InChI=1S/C18H28N2O3S/c1-3-4-11-20(17-10-12-24(22,23)15-17)18(21)14-19(2)13-16-8-6-5-7-9-16/h5-9,17H,3-4,10-15H2,1-2H3. The molecule has 1 atom stereocenters. The van der Waals surface area contributed by atoms with Crippen molar-refractivity contribution < 1.29 is 13.2 Å². The molecule has 1 unspecified atom stereocenters. The van der Waals surface area contributed by atoms with Gasteiger partial charge in [-0.05, 0) is 25.5 Å². The van der Waals surface area contributed by atoms with E-state index in [1.807, 2.05) is 42.3 Å². The highest BCUT2D eigenvalue weighted by molar-refractivity contribution is 7.91. The highest BCUT2D eigenvalue weighted by Gasteiger charge is 2.34. The van der Waals surface area contributed by atoms with Crippen molar-refractivity contribution in [2.45, 2.75) is 38.8 Å². The van der Waals surface area contributed by atoms with Gasteiger partial charge in [0.05, 0.1) is 18.1 Å². The molecule has 0 aromatic heterocycles. The zero-order valence-electron chi connectivity index (χ0n) is 14.6. The Morgan fingerprint density at radius 3 is 2.54 bits per heavy atom. The molecule has 0 aliphatic carbocycles. The number of rotatable bonds is 8. The lowest BCUT2D eigenvalue weighted by Gasteiger charge is -2.30. The van der Waals surface area contributed by atoms with E-state index in [-0.39, 0.29) is 23.5 Å². The Labute approximate surface area is 145 Å². The van der Waals surface area contributed by atoms with E-state index in [9.17, 15) is 13.2 Å². The van der Waals surface area contributed by atoms with E-state index in [2.05, 4.69) is 6.92 Å². The summed E-state index contributed by atoms with van der Waals surface area (Å²) in [5.41, 5.74) is 1.16. The van der Waals surface area contributed by atoms with Gasteiger partial charge in [-0.2, -0.15) is 0 Å². The maximum Gasteiger partial charge on any atom is 0.237 e. The quantitative estimate of drug-likeness (QED) is 0.717. The van der Waals surface area contributed by atoms with Crippen LogP contribution in [-0.2, 0) is 21.2 Å². The van der Waals surface area contributed by atoms with Crippen LogP contribution in [0.1, 0.15) is 31.7 Å². The van der Waals surface area contributed by atoms with Gasteiger partial charge in [0.25, 0.3) is 0 Å². The number of benzene rings is 1. The summed E-state index contributed by atoms with van der Waals surface area (Å²) >= 11 is 0. The Morgan fingerprint density at radius 2 is 1.96 bits per heavy atom. The number of carbonyl (C=O) groups is 1. The Balaban J connectivity index is 1.96. The van der Waals surface area contributed by atoms with Gasteiger partial charge in [0.2, 0.25) is 5.91 Å². The number of carbonyl (C=O) groups excluding carboxylic acids is 1. The van der Waals surface area contributed by atoms with Crippen molar-refractivity contribution in [3.8, 4) is 0 Å². The average molecular weight is 353 g/mol. The van der Waals surface area contributed by atoms with Crippen LogP contribution in [0, 0.1) is 0 Å². The molecule has 1 aromatic carbocycles. The summed E-state index contributed by atoms with van der Waals surface area (Å²) in [6.07, 6.45) is 2.47. The number of amides is 1. The van der Waals surface area contributed by atoms with E-state index >= 15 is 0 Å². The molecule has 1 saturated heterocycles. The molecular formula is C18H28N2O3S. The summed E-state index contributed by atoms with van der Waals surface area (Å²) in [4.78, 5) is 16.5. The Hall–Kier alpha value is -1.40. The molecule has 0 N–H and O–H groups in total. The van der Waals surface area contributed by atoms with E-state index in [0.29, 0.717) is 26.1 Å². The monoisotopic (exact) mass is 352 g/mol. The highest BCUT2D eigenvalue weighted by atomic mass is 32.2. The van der Waals surface area contributed by atoms with Crippen molar-refractivity contribution in [1.82, 2.24) is 9.80 Å². The fraction of sp³-hybridized carbons (Fsp3) is 0.611. The first-order valence-corrected chi connectivity index (χ1v) is 10.5. The molecule has 0 spiro atoms. The zero-order valence-corrected chi connectivity index (χ0v) is 15.5. The number of likely N-dealkylation sites (N-methyl/N-ethyl adjacent to an activating group) is 1. The van der Waals surface area contributed by atoms with E-state index in [1.54, 1.807) is 4.90 Å². The van der Waals surface area contributed by atoms with Gasteiger partial charge in [0, 0.05) is 19.1 Å². The summed E-state index contributed by atoms with van der Waals surface area (Å²) in [5, 5.41) is 0. The molecule has 24 heavy (non-hydrogen) atoms. The molecule has 1 aromatic rings. The molecule has 0 radical (unpaired) electrons. The summed E-state index contributed by atoms with van der Waals surface area (Å²) < 4.78 is 23.5. The molecule has 1 fully saturated rings. The third-order valence-corrected chi connectivity index (χ3v) is 6.17. The van der Waals surface area contributed by atoms with Crippen LogP contribution in [0.25, 0.3) is 0 Å². The molecule has 6 heteroatoms. The lowest BCUT2D eigenvalue weighted by atomic mass is 10.2. The third-order valence-electron chi connectivity index (χ3n) is 4.42. The molecule has 1 aliphatic rings. The SMILES string of the molecule is CCCCN(C(=O)CN(C)Cc1ccccc1)C1CCS(=O)(=O)C1. The van der Waals surface area contributed by atoms with Crippen LogP contribution in [0.5, 0.6) is 0 Å². The molecule has 134 valence electrons. The number of sulfone groups is 1. The van der Waals surface area contributed by atoms with Crippen LogP contribution in [0.3, 0.4) is 0 Å². The van der Waals surface area contributed by atoms with Crippen molar-refractivity contribution in [3.63, 3.8) is 0 Å². The van der Waals surface area contributed by atoms with Crippen molar-refractivity contribution in [2.24, 2.45) is 0 Å². The van der Waals surface area contributed by atoms with Gasteiger partial charge in [0.15, 0.2) is 9.84 Å². The zero-order chi connectivity index (χ0) is 17.6. The van der Waals surface area contributed by atoms with E-state index in [4.69, 9.17) is 0 Å². The lowest BCUT2D eigenvalue weighted by molar-refractivity contribution is -0.134. The second-order valence-corrected chi connectivity index (χ2v) is 8.88. The van der Waals surface area contributed by atoms with E-state index in [1.165, 1.54) is 0 Å². The highest BCUT2D eigenvalue weighted by Crippen LogP contribution is 2.19. The topological polar surface area (TPSA) is 57.7 Å². The minimum atomic E-state index is -2.98. The van der Waals surface area contributed by atoms with Gasteiger partial charge in [-0.3, -0.25) is 9.69 Å². The first-order valence-electron chi connectivity index (χ1n) is 8.63. The van der Waals surface area contributed by atoms with E-state index < -0.39 is 9.84 Å². The summed E-state index contributed by atoms with van der Waals surface area (Å²) in [6, 6.07) is 9.88. The summed E-state index contributed by atoms with van der Waals surface area (Å²) in [6.45, 7) is 3.75. The predicted molar refractivity (Wildman–Crippen MR) is 96.5 cm³/mol. The Bertz CT molecular complexity index is 631. The van der Waals surface area contributed by atoms with Gasteiger partial charge in [0.1, 0.15) is 0 Å². The van der Waals surface area contributed by atoms with Gasteiger partial charge < -0.3 is 4.90 Å². The number of unbranched alkanes of at least 4 members (excludes halogenated alkanes) is 1. The Kier molecular flexibility index (Phi) is 6.80. The maximum absolute atomic E-state index is 12.7. The predicted octanol–water partition coefficient (Wildman–Crippen LogP) is 1.93. The molecule has 0 saturated carbocycles. The summed E-state index contributed by atoms with van der Waals surface area (Å²) in [7, 11) is -1.06. The van der Waals surface area contributed by atoms with Crippen LogP contribution in [0.2, 0.25) is 0 Å². The fourth-order valence-electron chi connectivity index (χ4n) is 3.13. The molecule has 5 nitrogen and oxygen atoms in total. The van der Waals surface area contributed by atoms with Crippen molar-refractivity contribution >= 4 is 15.7 Å². The normalized spacial score (nSPS) is 19.5. The number of hydrogen-bond acceptors (Lipinski definition) is 4. The fourth-order valence-corrected chi connectivity index (χ4v) is 4.86. The maximum atomic E-state index is 12.7. The largest absolute Gasteiger partial charge is 0.338 e. The first-order chi connectivity index (χ1) is 11.4. The molecule has 1 heterocycles. The molecule has 2 rings (SSSR count). The molecule has 0 bridgehead atoms. The molecular weight excluding hydrogens is 324 g/mol. The van der Waals surface area contributed by atoms with Crippen molar-refractivity contribution in [2.75, 3.05) is 31.6 Å². The van der Waals surface area contributed by atoms with Crippen molar-refractivity contribution in [1.29, 1.82) is 0 Å². The van der Waals surface area contributed by atoms with Gasteiger partial charge >= 0.3 is 0 Å².